The maximum absolute atomic E-state index is 12.9. The molecule has 0 aliphatic rings. The summed E-state index contributed by atoms with van der Waals surface area (Å²) in [6, 6.07) is 4.26. The molecule has 0 radical (unpaired) electrons. The molecule has 2 amide bonds. The van der Waals surface area contributed by atoms with Gasteiger partial charge in [-0.1, -0.05) is 13.8 Å². The molecule has 0 aliphatic carbocycles. The van der Waals surface area contributed by atoms with Crippen LogP contribution in [0.4, 0.5) is 9.18 Å². The normalized spacial score (nSPS) is 14.6. The third kappa shape index (κ3) is 7.51. The smallest absolute Gasteiger partial charge is 0.408 e. The number of hydrogen-bond acceptors (Lipinski definition) is 4. The van der Waals surface area contributed by atoms with E-state index in [9.17, 15) is 18.2 Å². The van der Waals surface area contributed by atoms with Crippen LogP contribution in [0, 0.1) is 11.7 Å². The Morgan fingerprint density at radius 3 is 2.15 bits per heavy atom. The highest BCUT2D eigenvalue weighted by atomic mass is 32.2. The summed E-state index contributed by atoms with van der Waals surface area (Å²) in [7, 11) is -1.37. The highest BCUT2D eigenvalue weighted by Gasteiger charge is 2.26. The molecule has 0 fully saturated rings. The second kappa shape index (κ2) is 10.3. The SMILES string of the molecule is CC(CS(=O)c1ccc(F)cc1)NC(=O)[C@@H](NC(=O)OC(C)C)C(C)C. The Bertz CT molecular complexity index is 635. The van der Waals surface area contributed by atoms with Gasteiger partial charge in [0, 0.05) is 16.7 Å². The minimum absolute atomic E-state index is 0.149. The molecule has 0 aliphatic heterocycles. The third-order valence-corrected chi connectivity index (χ3v) is 5.03. The van der Waals surface area contributed by atoms with Crippen molar-refractivity contribution in [2.45, 2.75) is 57.7 Å². The number of alkyl carbamates (subject to hydrolysis) is 1. The predicted octanol–water partition coefficient (Wildman–Crippen LogP) is 2.60. The number of carbonyl (C=O) groups is 2. The van der Waals surface area contributed by atoms with Crippen LogP contribution in [0.25, 0.3) is 0 Å². The highest BCUT2D eigenvalue weighted by Crippen LogP contribution is 2.10. The fraction of sp³-hybridized carbons (Fsp3) is 0.556. The molecule has 3 atom stereocenters. The van der Waals surface area contributed by atoms with Crippen molar-refractivity contribution in [1.29, 1.82) is 0 Å². The Kier molecular flexibility index (Phi) is 8.71. The van der Waals surface area contributed by atoms with Gasteiger partial charge in [-0.25, -0.2) is 9.18 Å². The number of carbonyl (C=O) groups excluding carboxylic acids is 2. The standard InChI is InChI=1S/C18H27FN2O4S/c1-11(2)16(21-18(23)25-12(3)4)17(22)20-13(5)10-26(24)15-8-6-14(19)7-9-15/h6-9,11-13,16H,10H2,1-5H3,(H,20,22)(H,21,23)/t13?,16-,26?/m0/s1. The van der Waals surface area contributed by atoms with Gasteiger partial charge in [-0.05, 0) is 51.0 Å². The van der Waals surface area contributed by atoms with Gasteiger partial charge in [0.1, 0.15) is 11.9 Å². The van der Waals surface area contributed by atoms with Gasteiger partial charge in [-0.15, -0.1) is 0 Å². The number of nitrogens with one attached hydrogen (secondary N) is 2. The number of halogens is 1. The second-order valence-corrected chi connectivity index (χ2v) is 8.19. The van der Waals surface area contributed by atoms with Crippen molar-refractivity contribution < 1.29 is 22.9 Å². The first-order chi connectivity index (χ1) is 12.1. The van der Waals surface area contributed by atoms with E-state index in [0.29, 0.717) is 4.90 Å². The summed E-state index contributed by atoms with van der Waals surface area (Å²) in [5, 5.41) is 5.31. The van der Waals surface area contributed by atoms with Crippen LogP contribution in [0.5, 0.6) is 0 Å². The average molecular weight is 386 g/mol. The molecule has 0 aromatic heterocycles. The first kappa shape index (κ1) is 22.1. The maximum Gasteiger partial charge on any atom is 0.408 e. The van der Waals surface area contributed by atoms with Crippen molar-refractivity contribution in [3.8, 4) is 0 Å². The van der Waals surface area contributed by atoms with Crippen molar-refractivity contribution in [1.82, 2.24) is 10.6 Å². The first-order valence-corrected chi connectivity index (χ1v) is 9.83. The number of amides is 2. The lowest BCUT2D eigenvalue weighted by molar-refractivity contribution is -0.124. The van der Waals surface area contributed by atoms with Crippen molar-refractivity contribution in [3.05, 3.63) is 30.1 Å². The topological polar surface area (TPSA) is 84.5 Å². The Hall–Kier alpha value is -1.96. The molecule has 6 nitrogen and oxygen atoms in total. The van der Waals surface area contributed by atoms with Crippen LogP contribution in [-0.2, 0) is 20.3 Å². The lowest BCUT2D eigenvalue weighted by Gasteiger charge is -2.24. The van der Waals surface area contributed by atoms with Crippen LogP contribution in [0.15, 0.2) is 29.2 Å². The quantitative estimate of drug-likeness (QED) is 0.719. The Morgan fingerprint density at radius 2 is 1.65 bits per heavy atom. The van der Waals surface area contributed by atoms with Gasteiger partial charge in [-0.2, -0.15) is 0 Å². The number of benzene rings is 1. The average Bonchev–Trinajstić information content (AvgIpc) is 2.51. The van der Waals surface area contributed by atoms with Crippen molar-refractivity contribution in [2.24, 2.45) is 5.92 Å². The fourth-order valence-corrected chi connectivity index (χ4v) is 3.36. The Labute approximate surface area is 156 Å². The molecule has 1 aromatic rings. The zero-order valence-corrected chi connectivity index (χ0v) is 16.6. The second-order valence-electron chi connectivity index (χ2n) is 6.70. The van der Waals surface area contributed by atoms with Gasteiger partial charge >= 0.3 is 6.09 Å². The molecule has 2 N–H and O–H groups in total. The van der Waals surface area contributed by atoms with Crippen molar-refractivity contribution >= 4 is 22.8 Å². The van der Waals surface area contributed by atoms with E-state index in [1.165, 1.54) is 24.3 Å². The van der Waals surface area contributed by atoms with Crippen LogP contribution in [0.3, 0.4) is 0 Å². The molecule has 26 heavy (non-hydrogen) atoms. The predicted molar refractivity (Wildman–Crippen MR) is 98.7 cm³/mol. The molecule has 0 bridgehead atoms. The highest BCUT2D eigenvalue weighted by molar-refractivity contribution is 7.85. The third-order valence-electron chi connectivity index (χ3n) is 3.43. The van der Waals surface area contributed by atoms with E-state index >= 15 is 0 Å². The van der Waals surface area contributed by atoms with E-state index in [1.54, 1.807) is 34.6 Å². The maximum atomic E-state index is 12.9. The number of ether oxygens (including phenoxy) is 1. The van der Waals surface area contributed by atoms with Gasteiger partial charge in [0.05, 0.1) is 16.9 Å². The summed E-state index contributed by atoms with van der Waals surface area (Å²) >= 11 is 0. The molecule has 0 spiro atoms. The van der Waals surface area contributed by atoms with Crippen LogP contribution in [0.2, 0.25) is 0 Å². The summed E-state index contributed by atoms with van der Waals surface area (Å²) in [5.74, 6) is -0.737. The molecule has 2 unspecified atom stereocenters. The van der Waals surface area contributed by atoms with Crippen LogP contribution >= 0.6 is 0 Å². The molecule has 0 saturated carbocycles. The van der Waals surface area contributed by atoms with Crippen LogP contribution in [-0.4, -0.2) is 40.1 Å². The van der Waals surface area contributed by atoms with E-state index in [2.05, 4.69) is 10.6 Å². The van der Waals surface area contributed by atoms with Crippen LogP contribution < -0.4 is 10.6 Å². The monoisotopic (exact) mass is 386 g/mol. The van der Waals surface area contributed by atoms with Gasteiger partial charge in [0.2, 0.25) is 5.91 Å². The van der Waals surface area contributed by atoms with E-state index in [-0.39, 0.29) is 23.7 Å². The summed E-state index contributed by atoms with van der Waals surface area (Å²) in [6.45, 7) is 8.78. The summed E-state index contributed by atoms with van der Waals surface area (Å²) in [6.07, 6.45) is -0.945. The lowest BCUT2D eigenvalue weighted by Crippen LogP contribution is -2.52. The fourth-order valence-electron chi connectivity index (χ4n) is 2.19. The van der Waals surface area contributed by atoms with Gasteiger partial charge in [0.25, 0.3) is 0 Å². The first-order valence-electron chi connectivity index (χ1n) is 8.51. The number of rotatable bonds is 8. The summed E-state index contributed by atoms with van der Waals surface area (Å²) < 4.78 is 30.2. The van der Waals surface area contributed by atoms with Gasteiger partial charge in [-0.3, -0.25) is 9.00 Å². The van der Waals surface area contributed by atoms with Crippen molar-refractivity contribution in [2.75, 3.05) is 5.75 Å². The molecule has 0 heterocycles. The molecule has 1 rings (SSSR count). The molecular weight excluding hydrogens is 359 g/mol. The Morgan fingerprint density at radius 1 is 1.08 bits per heavy atom. The van der Waals surface area contributed by atoms with E-state index in [1.807, 2.05) is 0 Å². The molecular formula is C18H27FN2O4S. The molecule has 8 heteroatoms. The zero-order valence-electron chi connectivity index (χ0n) is 15.7. The minimum atomic E-state index is -1.37. The van der Waals surface area contributed by atoms with E-state index in [0.717, 1.165) is 0 Å². The Balaban J connectivity index is 2.62. The summed E-state index contributed by atoms with van der Waals surface area (Å²) in [5.41, 5.74) is 0. The summed E-state index contributed by atoms with van der Waals surface area (Å²) in [4.78, 5) is 24.7. The molecule has 146 valence electrons. The zero-order chi connectivity index (χ0) is 19.9. The van der Waals surface area contributed by atoms with Crippen molar-refractivity contribution in [3.63, 3.8) is 0 Å². The lowest BCUT2D eigenvalue weighted by atomic mass is 10.0. The minimum Gasteiger partial charge on any atom is -0.447 e. The van der Waals surface area contributed by atoms with Gasteiger partial charge in [0.15, 0.2) is 0 Å². The molecule has 0 saturated heterocycles. The van der Waals surface area contributed by atoms with E-state index in [4.69, 9.17) is 4.74 Å². The van der Waals surface area contributed by atoms with Gasteiger partial charge < -0.3 is 15.4 Å². The number of hydrogen-bond donors (Lipinski definition) is 2. The molecule has 1 aromatic carbocycles. The van der Waals surface area contributed by atoms with E-state index < -0.39 is 34.8 Å². The largest absolute Gasteiger partial charge is 0.447 e. The van der Waals surface area contributed by atoms with Crippen LogP contribution in [0.1, 0.15) is 34.6 Å².